The average molecular weight is 359 g/mol. The van der Waals surface area contributed by atoms with Gasteiger partial charge in [0.05, 0.1) is 13.2 Å². The van der Waals surface area contributed by atoms with Crippen LogP contribution in [-0.4, -0.2) is 61.1 Å². The van der Waals surface area contributed by atoms with Crippen molar-refractivity contribution in [2.45, 2.75) is 33.1 Å². The van der Waals surface area contributed by atoms with Crippen molar-refractivity contribution in [3.8, 4) is 0 Å². The van der Waals surface area contributed by atoms with Gasteiger partial charge in [-0.15, -0.1) is 0 Å². The molecule has 2 aliphatic rings. The molecule has 0 atom stereocenters. The first-order valence-corrected chi connectivity index (χ1v) is 9.61. The second kappa shape index (κ2) is 8.54. The molecule has 0 aliphatic carbocycles. The minimum Gasteiger partial charge on any atom is -0.378 e. The summed E-state index contributed by atoms with van der Waals surface area (Å²) >= 11 is 0. The summed E-state index contributed by atoms with van der Waals surface area (Å²) in [5.74, 6) is 0.252. The molecule has 3 amide bonds. The van der Waals surface area contributed by atoms with Gasteiger partial charge in [0.15, 0.2) is 0 Å². The first-order valence-electron chi connectivity index (χ1n) is 9.61. The third-order valence-electron chi connectivity index (χ3n) is 5.43. The lowest BCUT2D eigenvalue weighted by molar-refractivity contribution is -0.140. The highest BCUT2D eigenvalue weighted by atomic mass is 16.5. The summed E-state index contributed by atoms with van der Waals surface area (Å²) < 4.78 is 5.32. The molecule has 1 aromatic rings. The molecule has 0 radical (unpaired) electrons. The van der Waals surface area contributed by atoms with E-state index in [1.807, 2.05) is 28.9 Å². The zero-order valence-electron chi connectivity index (χ0n) is 15.8. The summed E-state index contributed by atoms with van der Waals surface area (Å²) in [7, 11) is 0. The first kappa shape index (κ1) is 18.7. The maximum Gasteiger partial charge on any atom is 0.321 e. The predicted molar refractivity (Wildman–Crippen MR) is 101 cm³/mol. The third-order valence-corrected chi connectivity index (χ3v) is 5.43. The number of rotatable bonds is 3. The van der Waals surface area contributed by atoms with Gasteiger partial charge in [-0.1, -0.05) is 25.1 Å². The number of carbonyl (C=O) groups excluding carboxylic acids is 2. The highest BCUT2D eigenvalue weighted by Gasteiger charge is 2.31. The molecule has 2 aliphatic heterocycles. The normalized spacial score (nSPS) is 18.7. The van der Waals surface area contributed by atoms with Crippen LogP contribution in [0.5, 0.6) is 0 Å². The van der Waals surface area contributed by atoms with Crippen LogP contribution < -0.4 is 5.32 Å². The van der Waals surface area contributed by atoms with Crippen molar-refractivity contribution in [1.29, 1.82) is 0 Å². The summed E-state index contributed by atoms with van der Waals surface area (Å²) in [4.78, 5) is 29.0. The van der Waals surface area contributed by atoms with Crippen molar-refractivity contribution in [2.75, 3.05) is 44.7 Å². The molecule has 3 rings (SSSR count). The van der Waals surface area contributed by atoms with E-state index in [1.54, 1.807) is 0 Å². The Morgan fingerprint density at radius 3 is 2.46 bits per heavy atom. The van der Waals surface area contributed by atoms with Crippen LogP contribution in [0.4, 0.5) is 10.5 Å². The van der Waals surface area contributed by atoms with Crippen molar-refractivity contribution in [3.05, 3.63) is 29.3 Å². The van der Waals surface area contributed by atoms with Crippen molar-refractivity contribution < 1.29 is 14.3 Å². The van der Waals surface area contributed by atoms with Gasteiger partial charge < -0.3 is 19.9 Å². The molecule has 2 saturated heterocycles. The van der Waals surface area contributed by atoms with E-state index in [1.165, 1.54) is 0 Å². The van der Waals surface area contributed by atoms with E-state index in [0.29, 0.717) is 39.4 Å². The number of morpholine rings is 1. The molecule has 0 aromatic heterocycles. The fraction of sp³-hybridized carbons (Fsp3) is 0.600. The Kier molecular flexibility index (Phi) is 6.14. The fourth-order valence-corrected chi connectivity index (χ4v) is 3.76. The zero-order chi connectivity index (χ0) is 18.5. The smallest absolute Gasteiger partial charge is 0.321 e. The maximum atomic E-state index is 12.7. The summed E-state index contributed by atoms with van der Waals surface area (Å²) in [5, 5.41) is 3.08. The Morgan fingerprint density at radius 2 is 1.81 bits per heavy atom. The van der Waals surface area contributed by atoms with Gasteiger partial charge >= 0.3 is 6.03 Å². The van der Waals surface area contributed by atoms with Gasteiger partial charge in [0, 0.05) is 37.8 Å². The number of hydrogen-bond acceptors (Lipinski definition) is 3. The van der Waals surface area contributed by atoms with E-state index in [9.17, 15) is 9.59 Å². The highest BCUT2D eigenvalue weighted by Crippen LogP contribution is 2.24. The third kappa shape index (κ3) is 4.18. The lowest BCUT2D eigenvalue weighted by Gasteiger charge is -2.35. The molecule has 0 spiro atoms. The first-order chi connectivity index (χ1) is 12.6. The van der Waals surface area contributed by atoms with Gasteiger partial charge in [-0.3, -0.25) is 4.79 Å². The molecular formula is C20H29N3O3. The Hall–Kier alpha value is -2.08. The maximum absolute atomic E-state index is 12.7. The van der Waals surface area contributed by atoms with Crippen LogP contribution in [0.15, 0.2) is 18.2 Å². The topological polar surface area (TPSA) is 61.9 Å². The quantitative estimate of drug-likeness (QED) is 0.902. The minimum absolute atomic E-state index is 0.0295. The number of carbonyl (C=O) groups is 2. The van der Waals surface area contributed by atoms with Crippen molar-refractivity contribution in [1.82, 2.24) is 9.80 Å². The number of likely N-dealkylation sites (tertiary alicyclic amines) is 1. The van der Waals surface area contributed by atoms with E-state index in [2.05, 4.69) is 18.3 Å². The van der Waals surface area contributed by atoms with Crippen LogP contribution in [-0.2, 0) is 16.0 Å². The van der Waals surface area contributed by atoms with Gasteiger partial charge in [-0.25, -0.2) is 4.79 Å². The number of ether oxygens (including phenoxy) is 1. The van der Waals surface area contributed by atoms with Crippen LogP contribution in [0.25, 0.3) is 0 Å². The molecular weight excluding hydrogens is 330 g/mol. The number of amides is 3. The van der Waals surface area contributed by atoms with Gasteiger partial charge in [0.25, 0.3) is 0 Å². The molecule has 142 valence electrons. The van der Waals surface area contributed by atoms with Crippen molar-refractivity contribution in [2.24, 2.45) is 5.92 Å². The number of para-hydroxylation sites is 1. The number of aryl methyl sites for hydroxylation is 2. The monoisotopic (exact) mass is 359 g/mol. The average Bonchev–Trinajstić information content (AvgIpc) is 2.69. The summed E-state index contributed by atoms with van der Waals surface area (Å²) in [6.45, 7) is 7.99. The second-order valence-electron chi connectivity index (χ2n) is 7.09. The lowest BCUT2D eigenvalue weighted by atomic mass is 9.95. The molecule has 0 saturated carbocycles. The van der Waals surface area contributed by atoms with E-state index < -0.39 is 0 Å². The molecule has 2 heterocycles. The highest BCUT2D eigenvalue weighted by molar-refractivity contribution is 5.91. The van der Waals surface area contributed by atoms with E-state index in [4.69, 9.17) is 4.74 Å². The van der Waals surface area contributed by atoms with Crippen molar-refractivity contribution in [3.63, 3.8) is 0 Å². The summed E-state index contributed by atoms with van der Waals surface area (Å²) in [5.41, 5.74) is 3.15. The number of anilines is 1. The molecule has 1 N–H and O–H groups in total. The number of piperidine rings is 1. The van der Waals surface area contributed by atoms with Gasteiger partial charge in [-0.2, -0.15) is 0 Å². The number of urea groups is 1. The summed E-state index contributed by atoms with van der Waals surface area (Å²) in [6, 6.07) is 6.02. The standard InChI is InChI=1S/C20H29N3O3/c1-3-16-6-4-5-15(2)18(16)21-20(25)23-9-7-17(8-10-23)19(24)22-11-13-26-14-12-22/h4-6,17H,3,7-14H2,1-2H3,(H,21,25). The van der Waals surface area contributed by atoms with Crippen LogP contribution in [0, 0.1) is 12.8 Å². The molecule has 1 aromatic carbocycles. The van der Waals surface area contributed by atoms with Crippen LogP contribution in [0.2, 0.25) is 0 Å². The summed E-state index contributed by atoms with van der Waals surface area (Å²) in [6.07, 6.45) is 2.35. The van der Waals surface area contributed by atoms with E-state index in [0.717, 1.165) is 36.1 Å². The molecule has 26 heavy (non-hydrogen) atoms. The molecule has 6 nitrogen and oxygen atoms in total. The lowest BCUT2D eigenvalue weighted by Crippen LogP contribution is -2.48. The predicted octanol–water partition coefficient (Wildman–Crippen LogP) is 2.66. The Bertz CT molecular complexity index is 648. The Balaban J connectivity index is 1.55. The second-order valence-corrected chi connectivity index (χ2v) is 7.09. The van der Waals surface area contributed by atoms with E-state index >= 15 is 0 Å². The van der Waals surface area contributed by atoms with Gasteiger partial charge in [0.1, 0.15) is 0 Å². The van der Waals surface area contributed by atoms with Crippen LogP contribution >= 0.6 is 0 Å². The van der Waals surface area contributed by atoms with Crippen molar-refractivity contribution >= 4 is 17.6 Å². The molecule has 2 fully saturated rings. The number of hydrogen-bond donors (Lipinski definition) is 1. The Morgan fingerprint density at radius 1 is 1.12 bits per heavy atom. The van der Waals surface area contributed by atoms with Crippen LogP contribution in [0.1, 0.15) is 30.9 Å². The van der Waals surface area contributed by atoms with E-state index in [-0.39, 0.29) is 17.9 Å². The molecule has 6 heteroatoms. The largest absolute Gasteiger partial charge is 0.378 e. The SMILES string of the molecule is CCc1cccc(C)c1NC(=O)N1CCC(C(=O)N2CCOCC2)CC1. The fourth-order valence-electron chi connectivity index (χ4n) is 3.76. The number of nitrogens with one attached hydrogen (secondary N) is 1. The van der Waals surface area contributed by atoms with Crippen LogP contribution in [0.3, 0.4) is 0 Å². The minimum atomic E-state index is -0.0636. The van der Waals surface area contributed by atoms with Gasteiger partial charge in [0.2, 0.25) is 5.91 Å². The number of nitrogens with zero attached hydrogens (tertiary/aromatic N) is 2. The molecule has 0 bridgehead atoms. The zero-order valence-corrected chi connectivity index (χ0v) is 15.8. The van der Waals surface area contributed by atoms with Gasteiger partial charge in [-0.05, 0) is 37.3 Å². The Labute approximate surface area is 155 Å². The molecule has 0 unspecified atom stereocenters. The number of benzene rings is 1.